The van der Waals surface area contributed by atoms with E-state index >= 15 is 0 Å². The lowest BCUT2D eigenvalue weighted by atomic mass is 9.92. The minimum Gasteiger partial charge on any atom is -0.390 e. The maximum atomic E-state index is 12.2. The third-order valence-corrected chi connectivity index (χ3v) is 3.84. The maximum Gasteiger partial charge on any atom is 0.254 e. The molecule has 0 aliphatic carbocycles. The number of aryl methyl sites for hydroxylation is 1. The number of hydrogen-bond donors (Lipinski definition) is 1. The topological polar surface area (TPSA) is 40.5 Å². The molecule has 1 atom stereocenters. The van der Waals surface area contributed by atoms with Crippen molar-refractivity contribution in [3.8, 4) is 0 Å². The zero-order valence-electron chi connectivity index (χ0n) is 11.5. The van der Waals surface area contributed by atoms with Gasteiger partial charge in [-0.2, -0.15) is 0 Å². The first kappa shape index (κ1) is 13.1. The molecule has 0 fully saturated rings. The van der Waals surface area contributed by atoms with Gasteiger partial charge in [0.2, 0.25) is 0 Å². The van der Waals surface area contributed by atoms with Crippen LogP contribution in [0.15, 0.2) is 18.2 Å². The molecule has 1 aliphatic rings. The minimum absolute atomic E-state index is 0.0526. The van der Waals surface area contributed by atoms with E-state index < -0.39 is 5.60 Å². The van der Waals surface area contributed by atoms with E-state index in [1.165, 1.54) is 5.56 Å². The largest absolute Gasteiger partial charge is 0.390 e. The van der Waals surface area contributed by atoms with Gasteiger partial charge in [0.15, 0.2) is 0 Å². The zero-order valence-corrected chi connectivity index (χ0v) is 11.5. The zero-order chi connectivity index (χ0) is 13.5. The Kier molecular flexibility index (Phi) is 3.20. The molecule has 1 aromatic carbocycles. The summed E-state index contributed by atoms with van der Waals surface area (Å²) in [6.07, 6.45) is 0. The third kappa shape index (κ3) is 2.41. The van der Waals surface area contributed by atoms with E-state index in [1.807, 2.05) is 30.9 Å². The van der Waals surface area contributed by atoms with Gasteiger partial charge < -0.3 is 10.0 Å². The van der Waals surface area contributed by atoms with E-state index in [0.717, 1.165) is 11.1 Å². The Hall–Kier alpha value is -1.35. The number of nitrogens with zero attached hydrogens (tertiary/aromatic N) is 1. The average Bonchev–Trinajstić information content (AvgIpc) is 2.54. The fourth-order valence-corrected chi connectivity index (χ4v) is 2.21. The average molecular weight is 247 g/mol. The first-order valence-corrected chi connectivity index (χ1v) is 6.40. The van der Waals surface area contributed by atoms with Crippen molar-refractivity contribution < 1.29 is 9.90 Å². The third-order valence-electron chi connectivity index (χ3n) is 3.84. The summed E-state index contributed by atoms with van der Waals surface area (Å²) in [7, 11) is 0. The summed E-state index contributed by atoms with van der Waals surface area (Å²) in [6, 6.07) is 5.95. The highest BCUT2D eigenvalue weighted by Gasteiger charge is 2.31. The molecule has 0 spiro atoms. The molecule has 1 aromatic rings. The van der Waals surface area contributed by atoms with Gasteiger partial charge in [-0.15, -0.1) is 0 Å². The lowest BCUT2D eigenvalue weighted by Gasteiger charge is -2.29. The van der Waals surface area contributed by atoms with Crippen LogP contribution in [-0.4, -0.2) is 28.1 Å². The van der Waals surface area contributed by atoms with Crippen molar-refractivity contribution in [2.45, 2.75) is 39.8 Å². The van der Waals surface area contributed by atoms with Crippen LogP contribution in [0.3, 0.4) is 0 Å². The van der Waals surface area contributed by atoms with Crippen LogP contribution in [0.4, 0.5) is 0 Å². The van der Waals surface area contributed by atoms with Crippen LogP contribution >= 0.6 is 0 Å². The Morgan fingerprint density at radius 3 is 2.72 bits per heavy atom. The first-order chi connectivity index (χ1) is 8.29. The number of rotatable bonds is 3. The molecule has 0 saturated heterocycles. The predicted molar refractivity (Wildman–Crippen MR) is 71.4 cm³/mol. The molecule has 18 heavy (non-hydrogen) atoms. The molecule has 2 rings (SSSR count). The van der Waals surface area contributed by atoms with Crippen LogP contribution in [0.2, 0.25) is 0 Å². The van der Waals surface area contributed by atoms with Crippen LogP contribution in [0.5, 0.6) is 0 Å². The van der Waals surface area contributed by atoms with Crippen LogP contribution < -0.4 is 0 Å². The minimum atomic E-state index is -0.759. The monoisotopic (exact) mass is 247 g/mol. The summed E-state index contributed by atoms with van der Waals surface area (Å²) >= 11 is 0. The number of fused-ring (bicyclic) bond motifs is 1. The SMILES string of the molecule is Cc1ccc2c(c1)CN(CC(C)C(C)(C)O)C2=O. The van der Waals surface area contributed by atoms with Gasteiger partial charge in [-0.3, -0.25) is 4.79 Å². The number of carbonyl (C=O) groups excluding carboxylic acids is 1. The summed E-state index contributed by atoms with van der Waals surface area (Å²) in [5.74, 6) is 0.137. The second-order valence-electron chi connectivity index (χ2n) is 5.90. The Morgan fingerprint density at radius 2 is 2.11 bits per heavy atom. The fourth-order valence-electron chi connectivity index (χ4n) is 2.21. The highest BCUT2D eigenvalue weighted by molar-refractivity contribution is 5.98. The first-order valence-electron chi connectivity index (χ1n) is 6.40. The van der Waals surface area contributed by atoms with Gasteiger partial charge >= 0.3 is 0 Å². The van der Waals surface area contributed by atoms with Gasteiger partial charge in [0.05, 0.1) is 5.60 Å². The Morgan fingerprint density at radius 1 is 1.44 bits per heavy atom. The fraction of sp³-hybridized carbons (Fsp3) is 0.533. The van der Waals surface area contributed by atoms with Crippen LogP contribution in [0.25, 0.3) is 0 Å². The molecule has 1 heterocycles. The Bertz CT molecular complexity index is 474. The van der Waals surface area contributed by atoms with Crippen LogP contribution in [-0.2, 0) is 6.54 Å². The summed E-state index contributed by atoms with van der Waals surface area (Å²) < 4.78 is 0. The number of benzene rings is 1. The van der Waals surface area contributed by atoms with E-state index in [1.54, 1.807) is 13.8 Å². The lowest BCUT2D eigenvalue weighted by molar-refractivity contribution is 0.00984. The number of carbonyl (C=O) groups is 1. The van der Waals surface area contributed by atoms with Crippen molar-refractivity contribution in [3.63, 3.8) is 0 Å². The molecule has 3 nitrogen and oxygen atoms in total. The number of amides is 1. The lowest BCUT2D eigenvalue weighted by Crippen LogP contribution is -2.39. The molecule has 1 amide bonds. The maximum absolute atomic E-state index is 12.2. The van der Waals surface area contributed by atoms with E-state index in [0.29, 0.717) is 13.1 Å². The van der Waals surface area contributed by atoms with Crippen molar-refractivity contribution in [3.05, 3.63) is 34.9 Å². The molecule has 3 heteroatoms. The van der Waals surface area contributed by atoms with Crippen LogP contribution in [0.1, 0.15) is 42.3 Å². The van der Waals surface area contributed by atoms with Gasteiger partial charge in [0, 0.05) is 24.6 Å². The predicted octanol–water partition coefficient (Wildman–Crippen LogP) is 2.36. The number of aliphatic hydroxyl groups is 1. The van der Waals surface area contributed by atoms with Gasteiger partial charge in [-0.25, -0.2) is 0 Å². The van der Waals surface area contributed by atoms with Gasteiger partial charge in [0.1, 0.15) is 0 Å². The van der Waals surface area contributed by atoms with Crippen molar-refractivity contribution >= 4 is 5.91 Å². The molecule has 0 radical (unpaired) electrons. The molecule has 1 unspecified atom stereocenters. The Labute approximate surface area is 108 Å². The summed E-state index contributed by atoms with van der Waals surface area (Å²) in [6.45, 7) is 8.84. The van der Waals surface area contributed by atoms with Crippen LogP contribution in [0, 0.1) is 12.8 Å². The molecule has 1 aliphatic heterocycles. The van der Waals surface area contributed by atoms with E-state index in [2.05, 4.69) is 6.07 Å². The molecule has 0 saturated carbocycles. The molecule has 98 valence electrons. The molecule has 0 aromatic heterocycles. The van der Waals surface area contributed by atoms with Crippen molar-refractivity contribution in [2.24, 2.45) is 5.92 Å². The number of hydrogen-bond acceptors (Lipinski definition) is 2. The van der Waals surface area contributed by atoms with Crippen molar-refractivity contribution in [2.75, 3.05) is 6.54 Å². The van der Waals surface area contributed by atoms with E-state index in [4.69, 9.17) is 0 Å². The molecular weight excluding hydrogens is 226 g/mol. The standard InChI is InChI=1S/C15H21NO2/c1-10-5-6-13-12(7-10)9-16(14(13)17)8-11(2)15(3,4)18/h5-7,11,18H,8-9H2,1-4H3. The van der Waals surface area contributed by atoms with Gasteiger partial charge in [-0.05, 0) is 32.4 Å². The van der Waals surface area contributed by atoms with E-state index in [9.17, 15) is 9.90 Å². The summed E-state index contributed by atoms with van der Waals surface area (Å²) in [5, 5.41) is 9.96. The van der Waals surface area contributed by atoms with Crippen molar-refractivity contribution in [1.29, 1.82) is 0 Å². The van der Waals surface area contributed by atoms with Gasteiger partial charge in [-0.1, -0.05) is 24.6 Å². The molecular formula is C15H21NO2. The normalized spacial score (nSPS) is 16.9. The van der Waals surface area contributed by atoms with Gasteiger partial charge in [0.25, 0.3) is 5.91 Å². The summed E-state index contributed by atoms with van der Waals surface area (Å²) in [5.41, 5.74) is 2.33. The van der Waals surface area contributed by atoms with E-state index in [-0.39, 0.29) is 11.8 Å². The smallest absolute Gasteiger partial charge is 0.254 e. The highest BCUT2D eigenvalue weighted by Crippen LogP contribution is 2.26. The quantitative estimate of drug-likeness (QED) is 0.890. The second kappa shape index (κ2) is 4.39. The summed E-state index contributed by atoms with van der Waals surface area (Å²) in [4.78, 5) is 14.0. The Balaban J connectivity index is 2.14. The second-order valence-corrected chi connectivity index (χ2v) is 5.90. The molecule has 0 bridgehead atoms. The molecule has 1 N–H and O–H groups in total. The van der Waals surface area contributed by atoms with Crippen molar-refractivity contribution in [1.82, 2.24) is 4.90 Å². The highest BCUT2D eigenvalue weighted by atomic mass is 16.3.